The Morgan fingerprint density at radius 3 is 2.67 bits per heavy atom. The third kappa shape index (κ3) is 6.55. The first-order chi connectivity index (χ1) is 11.5. The molecule has 0 saturated carbocycles. The third-order valence-corrected chi connectivity index (χ3v) is 4.55. The van der Waals surface area contributed by atoms with Gasteiger partial charge in [-0.1, -0.05) is 25.0 Å². The first-order valence-electron chi connectivity index (χ1n) is 8.71. The van der Waals surface area contributed by atoms with E-state index in [9.17, 15) is 9.18 Å². The van der Waals surface area contributed by atoms with Crippen LogP contribution in [0.5, 0.6) is 0 Å². The highest BCUT2D eigenvalue weighted by atomic mass is 19.1. The largest absolute Gasteiger partial charge is 0.481 e. The predicted molar refractivity (Wildman–Crippen MR) is 92.0 cm³/mol. The lowest BCUT2D eigenvalue weighted by atomic mass is 9.99. The zero-order valence-corrected chi connectivity index (χ0v) is 14.3. The predicted octanol–water partition coefficient (Wildman–Crippen LogP) is 2.70. The van der Waals surface area contributed by atoms with Crippen molar-refractivity contribution >= 4 is 5.97 Å². The number of halogens is 1. The Hall–Kier alpha value is -1.50. The molecule has 1 aliphatic rings. The molecule has 0 radical (unpaired) electrons. The van der Waals surface area contributed by atoms with Gasteiger partial charge in [0, 0.05) is 18.6 Å². The molecule has 1 fully saturated rings. The number of carbonyl (C=O) groups is 1. The number of rotatable bonds is 10. The van der Waals surface area contributed by atoms with Crippen LogP contribution in [0, 0.1) is 5.82 Å². The molecule has 2 atom stereocenters. The quantitative estimate of drug-likeness (QED) is 0.573. The van der Waals surface area contributed by atoms with Crippen LogP contribution < -0.4 is 10.9 Å². The van der Waals surface area contributed by atoms with Gasteiger partial charge < -0.3 is 10.0 Å². The average Bonchev–Trinajstić information content (AvgIpc) is 3.02. The van der Waals surface area contributed by atoms with Crippen LogP contribution in [0.25, 0.3) is 0 Å². The van der Waals surface area contributed by atoms with Crippen molar-refractivity contribution in [2.45, 2.75) is 50.6 Å². The molecule has 24 heavy (non-hydrogen) atoms. The Bertz CT molecular complexity index is 509. The molecule has 0 amide bonds. The second-order valence-corrected chi connectivity index (χ2v) is 6.62. The fourth-order valence-electron chi connectivity index (χ4n) is 3.07. The lowest BCUT2D eigenvalue weighted by molar-refractivity contribution is -0.137. The molecule has 1 aliphatic heterocycles. The molecular formula is C18H28FN3O2. The van der Waals surface area contributed by atoms with Gasteiger partial charge in [0.25, 0.3) is 0 Å². The first-order valence-corrected chi connectivity index (χ1v) is 8.71. The van der Waals surface area contributed by atoms with Crippen LogP contribution in [0.1, 0.15) is 50.1 Å². The van der Waals surface area contributed by atoms with Crippen molar-refractivity contribution in [1.82, 2.24) is 15.8 Å². The van der Waals surface area contributed by atoms with Gasteiger partial charge in [-0.3, -0.25) is 15.6 Å². The molecule has 2 rings (SSSR count). The van der Waals surface area contributed by atoms with E-state index in [1.165, 1.54) is 12.1 Å². The number of aliphatic carboxylic acids is 1. The second kappa shape index (κ2) is 9.71. The van der Waals surface area contributed by atoms with Crippen molar-refractivity contribution in [3.63, 3.8) is 0 Å². The summed E-state index contributed by atoms with van der Waals surface area (Å²) in [5.74, 6) is -0.938. The molecule has 1 heterocycles. The van der Waals surface area contributed by atoms with Crippen LogP contribution in [0.3, 0.4) is 0 Å². The van der Waals surface area contributed by atoms with Crippen LogP contribution in [0.4, 0.5) is 4.39 Å². The fraction of sp³-hybridized carbons (Fsp3) is 0.611. The van der Waals surface area contributed by atoms with Crippen molar-refractivity contribution < 1.29 is 14.3 Å². The van der Waals surface area contributed by atoms with Crippen LogP contribution in [0.2, 0.25) is 0 Å². The fourth-order valence-corrected chi connectivity index (χ4v) is 3.07. The molecule has 3 N–H and O–H groups in total. The maximum atomic E-state index is 13.0. The Balaban J connectivity index is 1.56. The van der Waals surface area contributed by atoms with E-state index in [0.29, 0.717) is 12.6 Å². The number of carboxylic acid groups (broad SMARTS) is 1. The van der Waals surface area contributed by atoms with E-state index in [-0.39, 0.29) is 18.3 Å². The van der Waals surface area contributed by atoms with E-state index < -0.39 is 5.97 Å². The highest BCUT2D eigenvalue weighted by Gasteiger charge is 2.24. The molecule has 1 aromatic carbocycles. The molecular weight excluding hydrogens is 309 g/mol. The summed E-state index contributed by atoms with van der Waals surface area (Å²) < 4.78 is 13.0. The third-order valence-electron chi connectivity index (χ3n) is 4.55. The van der Waals surface area contributed by atoms with E-state index in [4.69, 9.17) is 5.11 Å². The summed E-state index contributed by atoms with van der Waals surface area (Å²) in [6.07, 6.45) is 5.74. The molecule has 5 nitrogen and oxygen atoms in total. The second-order valence-electron chi connectivity index (χ2n) is 6.62. The molecule has 0 bridgehead atoms. The van der Waals surface area contributed by atoms with Crippen molar-refractivity contribution in [2.24, 2.45) is 0 Å². The smallest absolute Gasteiger partial charge is 0.304 e. The molecule has 1 aromatic rings. The molecule has 6 heteroatoms. The van der Waals surface area contributed by atoms with Gasteiger partial charge in [0.15, 0.2) is 0 Å². The van der Waals surface area contributed by atoms with Gasteiger partial charge in [-0.25, -0.2) is 4.39 Å². The summed E-state index contributed by atoms with van der Waals surface area (Å²) in [4.78, 5) is 12.6. The van der Waals surface area contributed by atoms with Crippen LogP contribution in [-0.2, 0) is 4.79 Å². The summed E-state index contributed by atoms with van der Waals surface area (Å²) in [5, 5.41) is 8.65. The van der Waals surface area contributed by atoms with Gasteiger partial charge in [0.1, 0.15) is 5.82 Å². The number of nitrogens with one attached hydrogen (secondary N) is 2. The maximum Gasteiger partial charge on any atom is 0.304 e. The molecule has 0 aliphatic carbocycles. The summed E-state index contributed by atoms with van der Waals surface area (Å²) >= 11 is 0. The number of carboxylic acids is 1. The van der Waals surface area contributed by atoms with E-state index in [1.807, 2.05) is 19.2 Å². The van der Waals surface area contributed by atoms with Gasteiger partial charge in [-0.2, -0.15) is 0 Å². The molecule has 0 spiro atoms. The van der Waals surface area contributed by atoms with Crippen LogP contribution in [0.15, 0.2) is 24.3 Å². The van der Waals surface area contributed by atoms with Crippen molar-refractivity contribution in [3.05, 3.63) is 35.6 Å². The minimum absolute atomic E-state index is 0.199. The topological polar surface area (TPSA) is 64.6 Å². The van der Waals surface area contributed by atoms with Crippen LogP contribution >= 0.6 is 0 Å². The van der Waals surface area contributed by atoms with Gasteiger partial charge in [-0.05, 0) is 50.6 Å². The molecule has 2 unspecified atom stereocenters. The zero-order chi connectivity index (χ0) is 17.4. The van der Waals surface area contributed by atoms with Crippen molar-refractivity contribution in [1.29, 1.82) is 0 Å². The number of hydrazine groups is 1. The summed E-state index contributed by atoms with van der Waals surface area (Å²) in [6.45, 7) is 1.56. The minimum Gasteiger partial charge on any atom is -0.481 e. The first kappa shape index (κ1) is 18.8. The zero-order valence-electron chi connectivity index (χ0n) is 14.3. The lowest BCUT2D eigenvalue weighted by Crippen LogP contribution is -2.30. The van der Waals surface area contributed by atoms with Gasteiger partial charge >= 0.3 is 5.97 Å². The summed E-state index contributed by atoms with van der Waals surface area (Å²) in [5.41, 5.74) is 7.74. The lowest BCUT2D eigenvalue weighted by Gasteiger charge is -2.15. The molecule has 0 aromatic heterocycles. The molecule has 134 valence electrons. The minimum atomic E-state index is -0.739. The van der Waals surface area contributed by atoms with Gasteiger partial charge in [-0.15, -0.1) is 0 Å². The highest BCUT2D eigenvalue weighted by Crippen LogP contribution is 2.24. The van der Waals surface area contributed by atoms with Crippen molar-refractivity contribution in [3.8, 4) is 0 Å². The average molecular weight is 337 g/mol. The van der Waals surface area contributed by atoms with Gasteiger partial charge in [0.2, 0.25) is 0 Å². The Kier molecular flexibility index (Phi) is 7.62. The number of hydrogen-bond acceptors (Lipinski definition) is 4. The van der Waals surface area contributed by atoms with Gasteiger partial charge in [0.05, 0.1) is 6.42 Å². The summed E-state index contributed by atoms with van der Waals surface area (Å²) in [7, 11) is 1.97. The van der Waals surface area contributed by atoms with E-state index in [1.54, 1.807) is 0 Å². The molecule has 1 saturated heterocycles. The van der Waals surface area contributed by atoms with E-state index >= 15 is 0 Å². The standard InChI is InChI=1S/C18H28FN3O2/c1-22(12-10-18(23)24)11-4-2-3-5-16-13-17(21-20-16)14-6-8-15(19)9-7-14/h6-9,16-17,20-21H,2-5,10-13H2,1H3,(H,23,24). The maximum absolute atomic E-state index is 13.0. The Morgan fingerprint density at radius 1 is 1.21 bits per heavy atom. The van der Waals surface area contributed by atoms with Crippen LogP contribution in [-0.4, -0.2) is 42.2 Å². The monoisotopic (exact) mass is 337 g/mol. The van der Waals surface area contributed by atoms with E-state index in [0.717, 1.165) is 44.2 Å². The number of unbranched alkanes of at least 4 members (excludes halogenated alkanes) is 2. The Labute approximate surface area is 143 Å². The Morgan fingerprint density at radius 2 is 1.96 bits per heavy atom. The summed E-state index contributed by atoms with van der Waals surface area (Å²) in [6, 6.07) is 7.38. The highest BCUT2D eigenvalue weighted by molar-refractivity contribution is 5.66. The number of hydrogen-bond donors (Lipinski definition) is 3. The van der Waals surface area contributed by atoms with Crippen molar-refractivity contribution in [2.75, 3.05) is 20.1 Å². The number of benzene rings is 1. The SMILES string of the molecule is CN(CCCCCC1CC(c2ccc(F)cc2)NN1)CCC(=O)O. The van der Waals surface area contributed by atoms with E-state index in [2.05, 4.69) is 15.8 Å². The number of nitrogens with zero attached hydrogens (tertiary/aromatic N) is 1. The normalized spacial score (nSPS) is 20.6.